The van der Waals surface area contributed by atoms with Gasteiger partial charge in [0.25, 0.3) is 0 Å². The fourth-order valence-corrected chi connectivity index (χ4v) is 0. The summed E-state index contributed by atoms with van der Waals surface area (Å²) in [6.07, 6.45) is 4.12. The van der Waals surface area contributed by atoms with Crippen LogP contribution in [0.4, 0.5) is 0 Å². The molecular weight excluding hydrogens is 184 g/mol. The highest BCUT2D eigenvalue weighted by molar-refractivity contribution is 8.76. The van der Waals surface area contributed by atoms with Crippen LogP contribution in [-0.2, 0) is 10.4 Å². The van der Waals surface area contributed by atoms with E-state index in [4.69, 9.17) is 17.5 Å². The Hall–Kier alpha value is 0.570. The van der Waals surface area contributed by atoms with Crippen molar-refractivity contribution in [3.05, 3.63) is 0 Å². The van der Waals surface area contributed by atoms with Crippen LogP contribution in [0.25, 0.3) is 0 Å². The quantitative estimate of drug-likeness (QED) is 0.476. The molecule has 0 unspecified atom stereocenters. The summed E-state index contributed by atoms with van der Waals surface area (Å²) in [7, 11) is -1.12. The molecule has 58 valence electrons. The zero-order chi connectivity index (χ0) is 7.91. The summed E-state index contributed by atoms with van der Waals surface area (Å²) in [5, 5.41) is 0. The Morgan fingerprint density at radius 3 is 1.22 bits per heavy atom. The second kappa shape index (κ2) is 6.69. The van der Waals surface area contributed by atoms with Crippen molar-refractivity contribution in [3.63, 3.8) is 0 Å². The Morgan fingerprint density at radius 2 is 1.22 bits per heavy atom. The first kappa shape index (κ1) is 12.3. The van der Waals surface area contributed by atoms with E-state index in [0.717, 1.165) is 0 Å². The molecule has 0 saturated carbocycles. The summed E-state index contributed by atoms with van der Waals surface area (Å²) in [5.41, 5.74) is 0. The van der Waals surface area contributed by atoms with E-state index in [0.29, 0.717) is 0 Å². The van der Waals surface area contributed by atoms with Crippen LogP contribution in [0.3, 0.4) is 0 Å². The fourth-order valence-electron chi connectivity index (χ4n) is 0. The lowest BCUT2D eigenvalue weighted by Gasteiger charge is -1.69. The largest absolute Gasteiger partial charge is 0.394 e. The van der Waals surface area contributed by atoms with Crippen LogP contribution in [0, 0.1) is 0 Å². The van der Waals surface area contributed by atoms with Gasteiger partial charge in [0.05, 0.1) is 0 Å². The van der Waals surface area contributed by atoms with Gasteiger partial charge in [0.2, 0.25) is 0 Å². The SMILES string of the molecule is CSSC.O=S(=O)(O)O. The lowest BCUT2D eigenvalue weighted by atomic mass is 12.0. The van der Waals surface area contributed by atoms with Crippen molar-refractivity contribution in [3.8, 4) is 0 Å². The number of hydrogen-bond donors (Lipinski definition) is 2. The molecule has 0 aliphatic heterocycles. The lowest BCUT2D eigenvalue weighted by Crippen LogP contribution is -1.89. The second-order valence-corrected chi connectivity index (χ2v) is 4.34. The summed E-state index contributed by atoms with van der Waals surface area (Å²) in [6.45, 7) is 0. The Balaban J connectivity index is 0. The lowest BCUT2D eigenvalue weighted by molar-refractivity contribution is 0.381. The molecule has 0 aromatic heterocycles. The fraction of sp³-hybridized carbons (Fsp3) is 1.00. The number of hydrogen-bond acceptors (Lipinski definition) is 4. The maximum absolute atomic E-state index is 8.74. The van der Waals surface area contributed by atoms with Crippen molar-refractivity contribution < 1.29 is 17.5 Å². The van der Waals surface area contributed by atoms with E-state index in [-0.39, 0.29) is 0 Å². The first-order valence-electron chi connectivity index (χ1n) is 1.68. The van der Waals surface area contributed by atoms with Crippen LogP contribution in [0.5, 0.6) is 0 Å². The minimum atomic E-state index is -4.67. The molecule has 0 radical (unpaired) electrons. The molecule has 9 heavy (non-hydrogen) atoms. The molecule has 0 atom stereocenters. The molecule has 0 aliphatic rings. The minimum Gasteiger partial charge on any atom is -0.264 e. The highest BCUT2D eigenvalue weighted by atomic mass is 33.1. The summed E-state index contributed by atoms with van der Waals surface area (Å²) in [5.74, 6) is 0. The smallest absolute Gasteiger partial charge is 0.264 e. The van der Waals surface area contributed by atoms with E-state index < -0.39 is 10.4 Å². The summed E-state index contributed by atoms with van der Waals surface area (Å²) < 4.78 is 31.6. The maximum atomic E-state index is 8.74. The van der Waals surface area contributed by atoms with Gasteiger partial charge in [0.1, 0.15) is 0 Å². The van der Waals surface area contributed by atoms with E-state index in [1.807, 2.05) is 0 Å². The van der Waals surface area contributed by atoms with Gasteiger partial charge in [-0.05, 0) is 12.5 Å². The normalized spacial score (nSPS) is 9.78. The van der Waals surface area contributed by atoms with Crippen molar-refractivity contribution in [2.45, 2.75) is 0 Å². The van der Waals surface area contributed by atoms with Gasteiger partial charge in [-0.1, -0.05) is 21.6 Å². The van der Waals surface area contributed by atoms with Gasteiger partial charge < -0.3 is 0 Å². The van der Waals surface area contributed by atoms with E-state index in [1.54, 1.807) is 21.6 Å². The zero-order valence-corrected chi connectivity index (χ0v) is 7.39. The van der Waals surface area contributed by atoms with Crippen molar-refractivity contribution in [2.75, 3.05) is 12.5 Å². The van der Waals surface area contributed by atoms with Gasteiger partial charge >= 0.3 is 10.4 Å². The van der Waals surface area contributed by atoms with Crippen molar-refractivity contribution >= 4 is 32.0 Å². The molecule has 0 amide bonds. The van der Waals surface area contributed by atoms with E-state index >= 15 is 0 Å². The van der Waals surface area contributed by atoms with Crippen molar-refractivity contribution in [1.82, 2.24) is 0 Å². The Kier molecular flexibility index (Phi) is 9.11. The topological polar surface area (TPSA) is 74.6 Å². The van der Waals surface area contributed by atoms with Crippen LogP contribution >= 0.6 is 21.6 Å². The van der Waals surface area contributed by atoms with Crippen LogP contribution < -0.4 is 0 Å². The molecule has 0 spiro atoms. The molecule has 4 nitrogen and oxygen atoms in total. The molecular formula is C2H8O4S3. The second-order valence-electron chi connectivity index (χ2n) is 0.781. The van der Waals surface area contributed by atoms with Gasteiger partial charge in [-0.15, -0.1) is 0 Å². The molecule has 0 bridgehead atoms. The molecule has 0 rings (SSSR count). The molecule has 0 fully saturated rings. The standard InChI is InChI=1S/C2H6S2.H2O4S/c1-3-4-2;1-5(2,3)4/h1-2H3;(H2,1,2,3,4). The Bertz CT molecular complexity index is 117. The first-order chi connectivity index (χ1) is 3.91. The van der Waals surface area contributed by atoms with E-state index in [2.05, 4.69) is 12.5 Å². The van der Waals surface area contributed by atoms with Gasteiger partial charge in [0, 0.05) is 0 Å². The van der Waals surface area contributed by atoms with Gasteiger partial charge in [-0.2, -0.15) is 8.42 Å². The van der Waals surface area contributed by atoms with Gasteiger partial charge in [-0.3, -0.25) is 9.11 Å². The molecule has 0 aromatic carbocycles. The predicted molar refractivity (Wildman–Crippen MR) is 41.2 cm³/mol. The van der Waals surface area contributed by atoms with Crippen molar-refractivity contribution in [2.24, 2.45) is 0 Å². The number of rotatable bonds is 1. The minimum absolute atomic E-state index is 1.77. The van der Waals surface area contributed by atoms with Gasteiger partial charge in [-0.25, -0.2) is 0 Å². The Labute approximate surface area is 62.4 Å². The Morgan fingerprint density at radius 1 is 1.11 bits per heavy atom. The summed E-state index contributed by atoms with van der Waals surface area (Å²) in [6, 6.07) is 0. The molecule has 7 heteroatoms. The summed E-state index contributed by atoms with van der Waals surface area (Å²) >= 11 is 0. The van der Waals surface area contributed by atoms with E-state index in [1.165, 1.54) is 0 Å². The van der Waals surface area contributed by atoms with Crippen LogP contribution in [0.1, 0.15) is 0 Å². The molecule has 0 aliphatic carbocycles. The first-order valence-corrected chi connectivity index (χ1v) is 6.04. The summed E-state index contributed by atoms with van der Waals surface area (Å²) in [4.78, 5) is 0. The average Bonchev–Trinajstić information content (AvgIpc) is 1.61. The van der Waals surface area contributed by atoms with E-state index in [9.17, 15) is 0 Å². The average molecular weight is 192 g/mol. The highest BCUT2D eigenvalue weighted by Gasteiger charge is 1.84. The van der Waals surface area contributed by atoms with Crippen LogP contribution in [0.2, 0.25) is 0 Å². The third kappa shape index (κ3) is 150. The molecule has 0 aromatic rings. The zero-order valence-electron chi connectivity index (χ0n) is 4.94. The van der Waals surface area contributed by atoms with Gasteiger partial charge in [0.15, 0.2) is 0 Å². The highest BCUT2D eigenvalue weighted by Crippen LogP contribution is 2.09. The van der Waals surface area contributed by atoms with Crippen LogP contribution in [-0.4, -0.2) is 30.0 Å². The van der Waals surface area contributed by atoms with Crippen LogP contribution in [0.15, 0.2) is 0 Å². The third-order valence-electron chi connectivity index (χ3n) is 0.167. The third-order valence-corrected chi connectivity index (χ3v) is 1.50. The molecule has 0 saturated heterocycles. The van der Waals surface area contributed by atoms with Crippen molar-refractivity contribution in [1.29, 1.82) is 0 Å². The molecule has 2 N–H and O–H groups in total. The molecule has 0 heterocycles. The maximum Gasteiger partial charge on any atom is 0.394 e. The monoisotopic (exact) mass is 192 g/mol. The predicted octanol–water partition coefficient (Wildman–Crippen LogP) is 0.975.